The van der Waals surface area contributed by atoms with Crippen molar-refractivity contribution in [3.05, 3.63) is 23.3 Å². The fourth-order valence-electron chi connectivity index (χ4n) is 1.20. The summed E-state index contributed by atoms with van der Waals surface area (Å²) in [6, 6.07) is 0. The molecule has 0 atom stereocenters. The van der Waals surface area contributed by atoms with Crippen molar-refractivity contribution >= 4 is 16.1 Å². The van der Waals surface area contributed by atoms with Gasteiger partial charge >= 0.3 is 0 Å². The van der Waals surface area contributed by atoms with Crippen molar-refractivity contribution < 1.29 is 27.4 Å². The number of carboxylic acid groups (broad SMARTS) is 1. The molecule has 1 heterocycles. The number of hydrogen-bond acceptors (Lipinski definition) is 5. The molecule has 0 aromatic heterocycles. The fraction of sp³-hybridized carbons (Fsp3) is 0.545. The number of rotatable bonds is 3. The van der Waals surface area contributed by atoms with Gasteiger partial charge in [-0.05, 0) is 18.4 Å². The summed E-state index contributed by atoms with van der Waals surface area (Å²) in [6.45, 7) is 0.301. The van der Waals surface area contributed by atoms with Gasteiger partial charge in [0.25, 0.3) is 10.1 Å². The number of hydrogen-bond donors (Lipinski definition) is 1. The van der Waals surface area contributed by atoms with Crippen LogP contribution in [0.3, 0.4) is 0 Å². The van der Waals surface area contributed by atoms with E-state index in [9.17, 15) is 18.3 Å². The van der Waals surface area contributed by atoms with E-state index in [1.165, 1.54) is 6.08 Å². The lowest BCUT2D eigenvalue weighted by atomic mass is 10.4. The quantitative estimate of drug-likeness (QED) is 0.511. The Bertz CT molecular complexity index is 474. The lowest BCUT2D eigenvalue weighted by Gasteiger charge is -2.23. The molecule has 0 saturated heterocycles. The van der Waals surface area contributed by atoms with Gasteiger partial charge in [0.2, 0.25) is 0 Å². The molecule has 0 aliphatic carbocycles. The van der Waals surface area contributed by atoms with Gasteiger partial charge in [0.1, 0.15) is 6.54 Å². The molecule has 1 aliphatic heterocycles. The fourth-order valence-corrected chi connectivity index (χ4v) is 1.82. The average molecular weight is 292 g/mol. The Morgan fingerprint density at radius 3 is 2.21 bits per heavy atom. The first-order valence-electron chi connectivity index (χ1n) is 5.47. The molecular formula is C11H20N2O5S. The first kappa shape index (κ1) is 17.6. The van der Waals surface area contributed by atoms with Crippen molar-refractivity contribution in [2.75, 3.05) is 41.3 Å². The van der Waals surface area contributed by atoms with E-state index in [1.807, 2.05) is 0 Å². The maximum atomic E-state index is 10.6. The van der Waals surface area contributed by atoms with E-state index >= 15 is 0 Å². The van der Waals surface area contributed by atoms with Crippen LogP contribution in [0.1, 0.15) is 0 Å². The molecule has 0 bridgehead atoms. The predicted octanol–water partition coefficient (Wildman–Crippen LogP) is -1.34. The Labute approximate surface area is 113 Å². The Morgan fingerprint density at radius 1 is 1.47 bits per heavy atom. The highest BCUT2D eigenvalue weighted by Gasteiger charge is 2.15. The van der Waals surface area contributed by atoms with Crippen LogP contribution in [0.15, 0.2) is 23.3 Å². The molecule has 19 heavy (non-hydrogen) atoms. The van der Waals surface area contributed by atoms with Crippen molar-refractivity contribution in [1.82, 2.24) is 4.90 Å². The van der Waals surface area contributed by atoms with Gasteiger partial charge in [0, 0.05) is 7.05 Å². The summed E-state index contributed by atoms with van der Waals surface area (Å²) in [6.07, 6.45) is 4.69. The molecule has 0 amide bonds. The van der Waals surface area contributed by atoms with Crippen LogP contribution < -0.4 is 5.11 Å². The van der Waals surface area contributed by atoms with Gasteiger partial charge in [-0.15, -0.1) is 0 Å². The van der Waals surface area contributed by atoms with E-state index in [1.54, 1.807) is 45.4 Å². The van der Waals surface area contributed by atoms with Crippen LogP contribution >= 0.6 is 0 Å². The van der Waals surface area contributed by atoms with E-state index < -0.39 is 16.1 Å². The molecule has 0 aromatic carbocycles. The number of aliphatic carboxylic acids is 1. The Balaban J connectivity index is 0.000000362. The van der Waals surface area contributed by atoms with E-state index in [0.717, 1.165) is 0 Å². The average Bonchev–Trinajstić information content (AvgIpc) is 2.12. The second-order valence-corrected chi connectivity index (χ2v) is 6.66. The molecule has 1 rings (SSSR count). The molecule has 0 fully saturated rings. The summed E-state index contributed by atoms with van der Waals surface area (Å²) in [5.41, 5.74) is 0. The zero-order valence-electron chi connectivity index (χ0n) is 11.5. The smallest absolute Gasteiger partial charge is 0.292 e. The second kappa shape index (κ2) is 6.69. The number of nitrogens with zero attached hydrogens (tertiary/aromatic N) is 2. The van der Waals surface area contributed by atoms with Crippen LogP contribution in [-0.2, 0) is 14.9 Å². The first-order chi connectivity index (χ1) is 8.42. The van der Waals surface area contributed by atoms with Crippen molar-refractivity contribution in [3.8, 4) is 0 Å². The highest BCUT2D eigenvalue weighted by atomic mass is 32.2. The van der Waals surface area contributed by atoms with Gasteiger partial charge in [0.15, 0.2) is 0 Å². The van der Waals surface area contributed by atoms with Crippen molar-refractivity contribution in [3.63, 3.8) is 0 Å². The number of carbonyl (C=O) groups excluding carboxylic acids is 1. The first-order valence-corrected chi connectivity index (χ1v) is 6.91. The third-order valence-corrected chi connectivity index (χ3v) is 2.89. The second-order valence-electron chi connectivity index (χ2n) is 5.19. The lowest BCUT2D eigenvalue weighted by Crippen LogP contribution is -2.45. The molecule has 1 aliphatic rings. The summed E-state index contributed by atoms with van der Waals surface area (Å²) in [5.74, 6) is -1.00. The maximum Gasteiger partial charge on any atom is 0.292 e. The highest BCUT2D eigenvalue weighted by molar-refractivity contribution is 7.89. The molecule has 1 N–H and O–H groups in total. The Morgan fingerprint density at radius 2 is 2.00 bits per heavy atom. The van der Waals surface area contributed by atoms with Crippen LogP contribution in [-0.4, -0.2) is 69.6 Å². The van der Waals surface area contributed by atoms with Crippen LogP contribution in [0.25, 0.3) is 0 Å². The molecule has 110 valence electrons. The Kier molecular flexibility index (Phi) is 6.20. The summed E-state index contributed by atoms with van der Waals surface area (Å²) in [5, 5.41) is 9.89. The normalized spacial score (nSPS) is 15.4. The molecule has 0 radical (unpaired) electrons. The standard InChI is InChI=1S/C6H9NO3S.C5H11NO2/c1-7-4-2-3-6(5-7)11(8,9)10;1-6(2,3)4-5(7)8/h2-4H,5H2,1H3,(H,8,9,10);4H2,1-3H3. The number of likely N-dealkylation sites (N-methyl/N-ethyl adjacent to an activating group) is 2. The lowest BCUT2D eigenvalue weighted by molar-refractivity contribution is -0.864. The highest BCUT2D eigenvalue weighted by Crippen LogP contribution is 2.10. The molecule has 8 heteroatoms. The maximum absolute atomic E-state index is 10.6. The van der Waals surface area contributed by atoms with Gasteiger partial charge < -0.3 is 19.3 Å². The number of quaternary nitrogens is 1. The zero-order valence-corrected chi connectivity index (χ0v) is 12.3. The van der Waals surface area contributed by atoms with Crippen LogP contribution in [0.2, 0.25) is 0 Å². The van der Waals surface area contributed by atoms with Gasteiger partial charge in [-0.1, -0.05) is 0 Å². The summed E-state index contributed by atoms with van der Waals surface area (Å²) >= 11 is 0. The SMILES string of the molecule is CN1C=CC=C(S(=O)(=O)O)C1.C[N+](C)(C)CC(=O)[O-]. The summed E-state index contributed by atoms with van der Waals surface area (Å²) < 4.78 is 30.1. The zero-order chi connectivity index (χ0) is 15.3. The number of allylic oxidation sites excluding steroid dienone is 2. The van der Waals surface area contributed by atoms with Crippen molar-refractivity contribution in [1.29, 1.82) is 0 Å². The monoisotopic (exact) mass is 292 g/mol. The minimum atomic E-state index is -3.99. The van der Waals surface area contributed by atoms with Gasteiger partial charge in [-0.25, -0.2) is 0 Å². The van der Waals surface area contributed by atoms with E-state index in [2.05, 4.69) is 0 Å². The molecule has 0 unspecified atom stereocenters. The third kappa shape index (κ3) is 9.23. The predicted molar refractivity (Wildman–Crippen MR) is 69.3 cm³/mol. The molecule has 7 nitrogen and oxygen atoms in total. The minimum absolute atomic E-state index is 0.0301. The van der Waals surface area contributed by atoms with E-state index in [4.69, 9.17) is 4.55 Å². The van der Waals surface area contributed by atoms with Crippen LogP contribution in [0.5, 0.6) is 0 Å². The molecule has 0 aromatic rings. The molecule has 0 spiro atoms. The van der Waals surface area contributed by atoms with Gasteiger partial charge in [-0.3, -0.25) is 4.55 Å². The molecular weight excluding hydrogens is 272 g/mol. The third-order valence-electron chi connectivity index (χ3n) is 1.96. The van der Waals surface area contributed by atoms with E-state index in [-0.39, 0.29) is 18.0 Å². The van der Waals surface area contributed by atoms with Crippen molar-refractivity contribution in [2.24, 2.45) is 0 Å². The topological polar surface area (TPSA) is 97.7 Å². The number of carbonyl (C=O) groups is 1. The van der Waals surface area contributed by atoms with Gasteiger partial charge in [-0.2, -0.15) is 8.42 Å². The van der Waals surface area contributed by atoms with Gasteiger partial charge in [0.05, 0.1) is 38.6 Å². The largest absolute Gasteiger partial charge is 0.544 e. The van der Waals surface area contributed by atoms with Crippen molar-refractivity contribution in [2.45, 2.75) is 0 Å². The minimum Gasteiger partial charge on any atom is -0.544 e. The summed E-state index contributed by atoms with van der Waals surface area (Å²) in [4.78, 5) is 11.6. The molecule has 0 saturated carbocycles. The Hall–Kier alpha value is -1.38. The van der Waals surface area contributed by atoms with Crippen LogP contribution in [0, 0.1) is 0 Å². The number of carboxylic acids is 1. The van der Waals surface area contributed by atoms with E-state index in [0.29, 0.717) is 4.48 Å². The van der Waals surface area contributed by atoms with Crippen LogP contribution in [0.4, 0.5) is 0 Å². The summed E-state index contributed by atoms with van der Waals surface area (Å²) in [7, 11) is 3.14.